The van der Waals surface area contributed by atoms with Gasteiger partial charge in [0, 0.05) is 19.7 Å². The van der Waals surface area contributed by atoms with E-state index in [1.165, 1.54) is 20.1 Å². The zero-order valence-electron chi connectivity index (χ0n) is 9.60. The SMILES string of the molecule is COCc1cc(C(=O)NC[C@H](C)C(=O)O)no1. The lowest BCUT2D eigenvalue weighted by Crippen LogP contribution is -2.31. The van der Waals surface area contributed by atoms with Crippen LogP contribution < -0.4 is 5.32 Å². The summed E-state index contributed by atoms with van der Waals surface area (Å²) < 4.78 is 9.64. The fourth-order valence-corrected chi connectivity index (χ4v) is 1.05. The summed E-state index contributed by atoms with van der Waals surface area (Å²) in [6, 6.07) is 1.45. The van der Waals surface area contributed by atoms with Crippen LogP contribution >= 0.6 is 0 Å². The van der Waals surface area contributed by atoms with E-state index in [9.17, 15) is 9.59 Å². The summed E-state index contributed by atoms with van der Waals surface area (Å²) >= 11 is 0. The van der Waals surface area contributed by atoms with Crippen LogP contribution in [0.3, 0.4) is 0 Å². The lowest BCUT2D eigenvalue weighted by molar-refractivity contribution is -0.140. The van der Waals surface area contributed by atoms with Crippen LogP contribution in [0.2, 0.25) is 0 Å². The van der Waals surface area contributed by atoms with E-state index in [1.54, 1.807) is 0 Å². The van der Waals surface area contributed by atoms with Gasteiger partial charge < -0.3 is 19.7 Å². The Morgan fingerprint density at radius 2 is 2.35 bits per heavy atom. The van der Waals surface area contributed by atoms with Crippen LogP contribution in [-0.2, 0) is 16.1 Å². The third-order valence-electron chi connectivity index (χ3n) is 2.07. The van der Waals surface area contributed by atoms with Crippen molar-refractivity contribution < 1.29 is 24.0 Å². The molecule has 0 aliphatic rings. The molecule has 1 atom stereocenters. The van der Waals surface area contributed by atoms with Crippen molar-refractivity contribution in [3.63, 3.8) is 0 Å². The van der Waals surface area contributed by atoms with Crippen molar-refractivity contribution in [2.24, 2.45) is 5.92 Å². The fourth-order valence-electron chi connectivity index (χ4n) is 1.05. The molecule has 0 aliphatic carbocycles. The number of carboxylic acids is 1. The second-order valence-corrected chi connectivity index (χ2v) is 3.56. The Labute approximate surface area is 97.7 Å². The zero-order chi connectivity index (χ0) is 12.8. The lowest BCUT2D eigenvalue weighted by atomic mass is 10.2. The Morgan fingerprint density at radius 3 is 2.94 bits per heavy atom. The van der Waals surface area contributed by atoms with Gasteiger partial charge in [-0.1, -0.05) is 12.1 Å². The number of aliphatic carboxylic acids is 1. The van der Waals surface area contributed by atoms with Crippen LogP contribution in [0, 0.1) is 5.92 Å². The number of ether oxygens (including phenoxy) is 1. The molecule has 0 fully saturated rings. The second-order valence-electron chi connectivity index (χ2n) is 3.56. The molecule has 0 aliphatic heterocycles. The molecule has 1 aromatic rings. The normalized spacial score (nSPS) is 12.1. The van der Waals surface area contributed by atoms with Gasteiger partial charge in [-0.25, -0.2) is 0 Å². The summed E-state index contributed by atoms with van der Waals surface area (Å²) in [5, 5.41) is 14.6. The van der Waals surface area contributed by atoms with Gasteiger partial charge in [0.1, 0.15) is 6.61 Å². The minimum Gasteiger partial charge on any atom is -0.481 e. The Kier molecular flexibility index (Phi) is 4.65. The molecule has 0 saturated carbocycles. The van der Waals surface area contributed by atoms with E-state index in [2.05, 4.69) is 10.5 Å². The average molecular weight is 242 g/mol. The van der Waals surface area contributed by atoms with Gasteiger partial charge in [-0.05, 0) is 0 Å². The van der Waals surface area contributed by atoms with Gasteiger partial charge in [-0.2, -0.15) is 0 Å². The third kappa shape index (κ3) is 3.87. The number of carbonyl (C=O) groups excluding carboxylic acids is 1. The Morgan fingerprint density at radius 1 is 1.65 bits per heavy atom. The number of rotatable bonds is 6. The van der Waals surface area contributed by atoms with Crippen molar-refractivity contribution in [1.82, 2.24) is 10.5 Å². The summed E-state index contributed by atoms with van der Waals surface area (Å²) in [6.45, 7) is 1.77. The first-order chi connectivity index (χ1) is 8.04. The summed E-state index contributed by atoms with van der Waals surface area (Å²) in [7, 11) is 1.50. The van der Waals surface area contributed by atoms with E-state index in [0.29, 0.717) is 5.76 Å². The van der Waals surface area contributed by atoms with E-state index in [0.717, 1.165) is 0 Å². The van der Waals surface area contributed by atoms with Crippen molar-refractivity contribution >= 4 is 11.9 Å². The van der Waals surface area contributed by atoms with Crippen LogP contribution in [0.25, 0.3) is 0 Å². The molecule has 0 unspecified atom stereocenters. The summed E-state index contributed by atoms with van der Waals surface area (Å²) in [5.41, 5.74) is 0.106. The van der Waals surface area contributed by atoms with E-state index in [1.807, 2.05) is 0 Å². The van der Waals surface area contributed by atoms with Crippen LogP contribution in [0.5, 0.6) is 0 Å². The van der Waals surface area contributed by atoms with Gasteiger partial charge in [0.15, 0.2) is 11.5 Å². The standard InChI is InChI=1S/C10H14N2O5/c1-6(10(14)15)4-11-9(13)8-3-7(5-16-2)17-12-8/h3,6H,4-5H2,1-2H3,(H,11,13)(H,14,15)/t6-/m0/s1. The molecule has 0 bridgehead atoms. The third-order valence-corrected chi connectivity index (χ3v) is 2.07. The molecule has 0 saturated heterocycles. The number of carboxylic acid groups (broad SMARTS) is 1. The number of amides is 1. The fraction of sp³-hybridized carbons (Fsp3) is 0.500. The monoisotopic (exact) mass is 242 g/mol. The molecule has 7 heteroatoms. The highest BCUT2D eigenvalue weighted by molar-refractivity contribution is 5.92. The lowest BCUT2D eigenvalue weighted by Gasteiger charge is -2.06. The smallest absolute Gasteiger partial charge is 0.308 e. The van der Waals surface area contributed by atoms with Gasteiger partial charge in [0.05, 0.1) is 5.92 Å². The van der Waals surface area contributed by atoms with Gasteiger partial charge in [0.2, 0.25) is 0 Å². The largest absolute Gasteiger partial charge is 0.481 e. The van der Waals surface area contributed by atoms with Gasteiger partial charge >= 0.3 is 5.97 Å². The average Bonchev–Trinajstić information content (AvgIpc) is 2.74. The van der Waals surface area contributed by atoms with E-state index >= 15 is 0 Å². The summed E-state index contributed by atoms with van der Waals surface area (Å²) in [5.74, 6) is -1.65. The van der Waals surface area contributed by atoms with E-state index in [4.69, 9.17) is 14.4 Å². The van der Waals surface area contributed by atoms with Crippen LogP contribution in [0.4, 0.5) is 0 Å². The molecule has 1 aromatic heterocycles. The van der Waals surface area contributed by atoms with Gasteiger partial charge in [-0.3, -0.25) is 9.59 Å². The van der Waals surface area contributed by atoms with Gasteiger partial charge in [-0.15, -0.1) is 0 Å². The molecule has 7 nitrogen and oxygen atoms in total. The first-order valence-electron chi connectivity index (χ1n) is 5.00. The minimum absolute atomic E-state index is 0.0423. The Balaban J connectivity index is 2.49. The molecule has 1 amide bonds. The number of hydrogen-bond donors (Lipinski definition) is 2. The number of aromatic nitrogens is 1. The molecule has 0 aromatic carbocycles. The highest BCUT2D eigenvalue weighted by atomic mass is 16.5. The van der Waals surface area contributed by atoms with Crippen molar-refractivity contribution in [3.8, 4) is 0 Å². The molecule has 17 heavy (non-hydrogen) atoms. The number of nitrogens with zero attached hydrogens (tertiary/aromatic N) is 1. The first-order valence-corrected chi connectivity index (χ1v) is 5.00. The molecular formula is C10H14N2O5. The maximum absolute atomic E-state index is 11.5. The summed E-state index contributed by atoms with van der Waals surface area (Å²) in [6.07, 6.45) is 0. The molecular weight excluding hydrogens is 228 g/mol. The summed E-state index contributed by atoms with van der Waals surface area (Å²) in [4.78, 5) is 22.1. The second kappa shape index (κ2) is 6.00. The highest BCUT2D eigenvalue weighted by Crippen LogP contribution is 2.04. The predicted molar refractivity (Wildman–Crippen MR) is 56.3 cm³/mol. The number of hydrogen-bond acceptors (Lipinski definition) is 5. The Bertz CT molecular complexity index is 401. The molecule has 2 N–H and O–H groups in total. The zero-order valence-corrected chi connectivity index (χ0v) is 9.60. The van der Waals surface area contributed by atoms with Crippen LogP contribution in [-0.4, -0.2) is 35.8 Å². The molecule has 1 rings (SSSR count). The Hall–Kier alpha value is -1.89. The number of methoxy groups -OCH3 is 1. The molecule has 1 heterocycles. The minimum atomic E-state index is -0.967. The number of nitrogens with one attached hydrogen (secondary N) is 1. The highest BCUT2D eigenvalue weighted by Gasteiger charge is 2.15. The van der Waals surface area contributed by atoms with E-state index in [-0.39, 0.29) is 18.8 Å². The quantitative estimate of drug-likeness (QED) is 0.742. The van der Waals surface area contributed by atoms with Crippen molar-refractivity contribution in [2.45, 2.75) is 13.5 Å². The first kappa shape index (κ1) is 13.2. The predicted octanol–water partition coefficient (Wildman–Crippen LogP) is 0.271. The molecule has 94 valence electrons. The molecule has 0 spiro atoms. The van der Waals surface area contributed by atoms with Crippen molar-refractivity contribution in [3.05, 3.63) is 17.5 Å². The van der Waals surface area contributed by atoms with Crippen molar-refractivity contribution in [1.29, 1.82) is 0 Å². The van der Waals surface area contributed by atoms with Gasteiger partial charge in [0.25, 0.3) is 5.91 Å². The topological polar surface area (TPSA) is 102 Å². The number of carbonyl (C=O) groups is 2. The van der Waals surface area contributed by atoms with Crippen LogP contribution in [0.15, 0.2) is 10.6 Å². The molecule has 0 radical (unpaired) electrons. The van der Waals surface area contributed by atoms with Crippen LogP contribution in [0.1, 0.15) is 23.2 Å². The maximum Gasteiger partial charge on any atom is 0.308 e. The maximum atomic E-state index is 11.5. The van der Waals surface area contributed by atoms with E-state index < -0.39 is 17.8 Å². The van der Waals surface area contributed by atoms with Crippen molar-refractivity contribution in [2.75, 3.05) is 13.7 Å².